The molecule has 3 rings (SSSR count). The normalized spacial score (nSPS) is 11.5. The van der Waals surface area contributed by atoms with Crippen LogP contribution in [0, 0.1) is 6.07 Å². The fraction of sp³-hybridized carbons (Fsp3) is 0.357. The molecule has 3 aromatic carbocycles. The molecule has 0 spiro atoms. The van der Waals surface area contributed by atoms with Crippen molar-refractivity contribution in [3.05, 3.63) is 84.4 Å². The Hall–Kier alpha value is -1.65. The number of anilines is 2. The summed E-state index contributed by atoms with van der Waals surface area (Å²) in [5.74, 6) is 0. The number of nitrogens with zero attached hydrogens (tertiary/aromatic N) is 1. The SMILES string of the molecule is CN(C)c1ccc(CC(C)(C)PC(C)(C)C)cc1.Nc1ccccc1-c1[c-]cccc1.[Pd]. The summed E-state index contributed by atoms with van der Waals surface area (Å²) in [6.45, 7) is 11.8. The van der Waals surface area contributed by atoms with Gasteiger partial charge in [-0.05, 0) is 46.2 Å². The number of hydrogen-bond donors (Lipinski definition) is 1. The summed E-state index contributed by atoms with van der Waals surface area (Å²) in [6, 6.07) is 27.7. The second-order valence-corrected chi connectivity index (χ2v) is 13.0. The summed E-state index contributed by atoms with van der Waals surface area (Å²) in [5, 5.41) is 0.810. The van der Waals surface area contributed by atoms with Crippen molar-refractivity contribution in [1.82, 2.24) is 0 Å². The van der Waals surface area contributed by atoms with Gasteiger partial charge in [0.25, 0.3) is 0 Å². The van der Waals surface area contributed by atoms with Crippen LogP contribution in [0.15, 0.2) is 72.8 Å². The minimum absolute atomic E-state index is 0. The van der Waals surface area contributed by atoms with E-state index in [1.807, 2.05) is 48.5 Å². The van der Waals surface area contributed by atoms with Gasteiger partial charge in [0.15, 0.2) is 0 Å². The largest absolute Gasteiger partial charge is 0.406 e. The first-order valence-corrected chi connectivity index (χ1v) is 11.8. The van der Waals surface area contributed by atoms with Crippen LogP contribution in [0.4, 0.5) is 11.4 Å². The Morgan fingerprint density at radius 1 is 0.844 bits per heavy atom. The fourth-order valence-corrected chi connectivity index (χ4v) is 6.11. The summed E-state index contributed by atoms with van der Waals surface area (Å²) in [4.78, 5) is 2.14. The molecule has 2 N–H and O–H groups in total. The van der Waals surface area contributed by atoms with E-state index in [-0.39, 0.29) is 20.4 Å². The van der Waals surface area contributed by atoms with Gasteiger partial charge in [0, 0.05) is 40.2 Å². The Bertz CT molecular complexity index is 930. The average molecular weight is 540 g/mol. The van der Waals surface area contributed by atoms with Gasteiger partial charge in [-0.1, -0.05) is 70.5 Å². The van der Waals surface area contributed by atoms with Gasteiger partial charge >= 0.3 is 0 Å². The summed E-state index contributed by atoms with van der Waals surface area (Å²) in [6.07, 6.45) is 1.16. The molecular weight excluding hydrogens is 502 g/mol. The van der Waals surface area contributed by atoms with Crippen LogP contribution in [0.1, 0.15) is 40.2 Å². The van der Waals surface area contributed by atoms with Gasteiger partial charge in [-0.3, -0.25) is 0 Å². The maximum Gasteiger partial charge on any atom is 0.0361 e. The predicted octanol–water partition coefficient (Wildman–Crippen LogP) is 7.28. The summed E-state index contributed by atoms with van der Waals surface area (Å²) >= 11 is 0. The Balaban J connectivity index is 0.000000324. The topological polar surface area (TPSA) is 29.3 Å². The van der Waals surface area contributed by atoms with Gasteiger partial charge in [-0.15, -0.1) is 44.5 Å². The van der Waals surface area contributed by atoms with E-state index in [2.05, 4.69) is 83.9 Å². The van der Waals surface area contributed by atoms with E-state index >= 15 is 0 Å². The molecule has 176 valence electrons. The van der Waals surface area contributed by atoms with Crippen LogP contribution >= 0.6 is 8.58 Å². The first-order valence-electron chi connectivity index (χ1n) is 10.8. The monoisotopic (exact) mass is 539 g/mol. The number of rotatable bonds is 5. The van der Waals surface area contributed by atoms with Gasteiger partial charge in [0.2, 0.25) is 0 Å². The van der Waals surface area contributed by atoms with Crippen LogP contribution in [-0.4, -0.2) is 24.4 Å². The molecule has 3 aromatic rings. The molecule has 0 aliphatic heterocycles. The first kappa shape index (κ1) is 28.4. The zero-order valence-corrected chi connectivity index (χ0v) is 23.0. The second-order valence-electron chi connectivity index (χ2n) is 9.86. The Kier molecular flexibility index (Phi) is 11.1. The predicted molar refractivity (Wildman–Crippen MR) is 142 cm³/mol. The zero-order chi connectivity index (χ0) is 23.1. The maximum atomic E-state index is 5.83. The Morgan fingerprint density at radius 2 is 1.44 bits per heavy atom. The van der Waals surface area contributed by atoms with Gasteiger partial charge in [-0.2, -0.15) is 0 Å². The van der Waals surface area contributed by atoms with Crippen LogP contribution < -0.4 is 10.6 Å². The van der Waals surface area contributed by atoms with E-state index in [1.54, 1.807) is 0 Å². The fourth-order valence-electron chi connectivity index (χ4n) is 3.78. The van der Waals surface area contributed by atoms with Crippen molar-refractivity contribution >= 4 is 20.0 Å². The third kappa shape index (κ3) is 9.87. The standard InChI is InChI=1S/C16H28NP.C12H10N.Pd/c1-15(2,3)18-16(4,5)12-13-8-10-14(11-9-13)17(6)7;13-12-9-5-4-8-11(12)10-6-2-1-3-7-10;/h8-11,18H,12H2,1-7H3;1-6,8-9H,13H2;/q;-1;. The molecule has 4 heteroatoms. The first-order chi connectivity index (χ1) is 14.5. The third-order valence-corrected chi connectivity index (χ3v) is 6.38. The molecular formula is C28H38N2PPd-. The van der Waals surface area contributed by atoms with Crippen LogP contribution in [-0.2, 0) is 26.8 Å². The number of para-hydroxylation sites is 1. The molecule has 0 heterocycles. The maximum absolute atomic E-state index is 5.83. The second kappa shape index (κ2) is 12.6. The van der Waals surface area contributed by atoms with Crippen molar-refractivity contribution < 1.29 is 20.4 Å². The molecule has 0 saturated carbocycles. The quantitative estimate of drug-likeness (QED) is 0.160. The smallest absolute Gasteiger partial charge is 0.0361 e. The van der Waals surface area contributed by atoms with Gasteiger partial charge in [0.05, 0.1) is 0 Å². The van der Waals surface area contributed by atoms with E-state index in [0.29, 0.717) is 10.3 Å². The molecule has 0 aliphatic carbocycles. The van der Waals surface area contributed by atoms with E-state index in [9.17, 15) is 0 Å². The summed E-state index contributed by atoms with van der Waals surface area (Å²) in [7, 11) is 5.14. The molecule has 0 fully saturated rings. The third-order valence-electron chi connectivity index (χ3n) is 4.77. The van der Waals surface area contributed by atoms with Gasteiger partial charge in [-0.25, -0.2) is 0 Å². The Labute approximate surface area is 211 Å². The van der Waals surface area contributed by atoms with Crippen molar-refractivity contribution in [2.45, 2.75) is 51.4 Å². The molecule has 0 amide bonds. The van der Waals surface area contributed by atoms with Crippen molar-refractivity contribution in [2.75, 3.05) is 24.7 Å². The molecule has 0 aromatic heterocycles. The average Bonchev–Trinajstić information content (AvgIpc) is 2.68. The van der Waals surface area contributed by atoms with Crippen molar-refractivity contribution in [3.63, 3.8) is 0 Å². The minimum Gasteiger partial charge on any atom is -0.406 e. The minimum atomic E-state index is 0. The van der Waals surface area contributed by atoms with Crippen molar-refractivity contribution in [1.29, 1.82) is 0 Å². The van der Waals surface area contributed by atoms with E-state index in [0.717, 1.165) is 31.8 Å². The van der Waals surface area contributed by atoms with Crippen LogP contribution in [0.3, 0.4) is 0 Å². The van der Waals surface area contributed by atoms with E-state index < -0.39 is 0 Å². The van der Waals surface area contributed by atoms with Crippen LogP contribution in [0.2, 0.25) is 0 Å². The van der Waals surface area contributed by atoms with Crippen LogP contribution in [0.5, 0.6) is 0 Å². The van der Waals surface area contributed by atoms with Crippen LogP contribution in [0.25, 0.3) is 11.1 Å². The molecule has 0 bridgehead atoms. The molecule has 0 aliphatic rings. The van der Waals surface area contributed by atoms with E-state index in [1.165, 1.54) is 11.3 Å². The molecule has 32 heavy (non-hydrogen) atoms. The molecule has 2 nitrogen and oxygen atoms in total. The zero-order valence-electron chi connectivity index (χ0n) is 20.5. The van der Waals surface area contributed by atoms with Gasteiger partial charge < -0.3 is 10.6 Å². The van der Waals surface area contributed by atoms with Crippen molar-refractivity contribution in [3.8, 4) is 11.1 Å². The number of benzene rings is 3. The molecule has 0 saturated heterocycles. The number of nitrogen functional groups attached to an aromatic ring is 1. The number of nitrogens with two attached hydrogens (primary N) is 1. The number of hydrogen-bond acceptors (Lipinski definition) is 2. The Morgan fingerprint density at radius 3 is 1.94 bits per heavy atom. The van der Waals surface area contributed by atoms with Crippen molar-refractivity contribution in [2.24, 2.45) is 0 Å². The van der Waals surface area contributed by atoms with Gasteiger partial charge in [0.1, 0.15) is 0 Å². The molecule has 1 atom stereocenters. The molecule has 0 radical (unpaired) electrons. The molecule has 1 unspecified atom stereocenters. The summed E-state index contributed by atoms with van der Waals surface area (Å²) in [5.41, 5.74) is 11.4. The van der Waals surface area contributed by atoms with E-state index in [4.69, 9.17) is 5.73 Å². The summed E-state index contributed by atoms with van der Waals surface area (Å²) < 4.78 is 0.